The number of imidazole rings is 1. The molecule has 1 N–H and O–H groups in total. The van der Waals surface area contributed by atoms with E-state index >= 15 is 0 Å². The maximum absolute atomic E-state index is 12.4. The zero-order chi connectivity index (χ0) is 19.8. The Morgan fingerprint density at radius 1 is 0.966 bits per heavy atom. The molecule has 1 aliphatic rings. The van der Waals surface area contributed by atoms with Crippen molar-refractivity contribution < 1.29 is 4.79 Å². The van der Waals surface area contributed by atoms with Crippen LogP contribution in [-0.2, 0) is 13.1 Å². The van der Waals surface area contributed by atoms with Gasteiger partial charge in [0.1, 0.15) is 5.82 Å². The number of amides is 1. The Bertz CT molecular complexity index is 1200. The molecule has 0 saturated heterocycles. The van der Waals surface area contributed by atoms with Crippen molar-refractivity contribution in [3.8, 4) is 0 Å². The first kappa shape index (κ1) is 17.8. The lowest BCUT2D eigenvalue weighted by Gasteiger charge is -2.30. The zero-order valence-corrected chi connectivity index (χ0v) is 16.4. The predicted molar refractivity (Wildman–Crippen MR) is 117 cm³/mol. The smallest absolute Gasteiger partial charge is 0.255 e. The van der Waals surface area contributed by atoms with Crippen molar-refractivity contribution in [2.45, 2.75) is 13.1 Å². The van der Waals surface area contributed by atoms with Crippen LogP contribution in [0, 0.1) is 0 Å². The SMILES string of the molecule is O=C(Nc1ccc(N2CCn3c(nc4ccccc43)C2)cc1Cl)c1ccccc1. The van der Waals surface area contributed by atoms with Crippen LogP contribution in [0.3, 0.4) is 0 Å². The van der Waals surface area contributed by atoms with Gasteiger partial charge in [-0.1, -0.05) is 41.9 Å². The Kier molecular flexibility index (Phi) is 4.45. The standard InChI is InChI=1S/C23H19ClN4O/c24-18-14-17(10-11-19(18)26-23(29)16-6-2-1-3-7-16)27-12-13-28-21-9-5-4-8-20(21)25-22(28)15-27/h1-11,14H,12-13,15H2,(H,26,29). The maximum Gasteiger partial charge on any atom is 0.255 e. The number of halogens is 1. The number of nitrogens with zero attached hydrogens (tertiary/aromatic N) is 3. The van der Waals surface area contributed by atoms with E-state index in [1.54, 1.807) is 12.1 Å². The van der Waals surface area contributed by atoms with E-state index in [9.17, 15) is 4.79 Å². The second-order valence-corrected chi connectivity index (χ2v) is 7.48. The van der Waals surface area contributed by atoms with Crippen molar-refractivity contribution in [1.82, 2.24) is 9.55 Å². The number of hydrogen-bond acceptors (Lipinski definition) is 3. The minimum absolute atomic E-state index is 0.174. The summed E-state index contributed by atoms with van der Waals surface area (Å²) in [6.07, 6.45) is 0. The van der Waals surface area contributed by atoms with Gasteiger partial charge in [-0.05, 0) is 42.5 Å². The number of carbonyl (C=O) groups excluding carboxylic acids is 1. The van der Waals surface area contributed by atoms with E-state index in [2.05, 4.69) is 20.9 Å². The van der Waals surface area contributed by atoms with Gasteiger partial charge in [-0.15, -0.1) is 0 Å². The number of carbonyl (C=O) groups is 1. The second kappa shape index (κ2) is 7.26. The highest BCUT2D eigenvalue weighted by Gasteiger charge is 2.21. The van der Waals surface area contributed by atoms with Crippen LogP contribution < -0.4 is 10.2 Å². The van der Waals surface area contributed by atoms with Crippen molar-refractivity contribution in [3.05, 3.63) is 89.2 Å². The van der Waals surface area contributed by atoms with Crippen molar-refractivity contribution in [2.75, 3.05) is 16.8 Å². The molecule has 0 bridgehead atoms. The number of rotatable bonds is 3. The summed E-state index contributed by atoms with van der Waals surface area (Å²) in [5.74, 6) is 0.877. The molecule has 1 aliphatic heterocycles. The van der Waals surface area contributed by atoms with Crippen LogP contribution in [-0.4, -0.2) is 22.0 Å². The Morgan fingerprint density at radius 2 is 1.76 bits per heavy atom. The Balaban J connectivity index is 1.36. The molecule has 3 aromatic carbocycles. The van der Waals surface area contributed by atoms with E-state index in [1.807, 2.05) is 54.6 Å². The van der Waals surface area contributed by atoms with Crippen LogP contribution in [0.4, 0.5) is 11.4 Å². The molecule has 0 unspecified atom stereocenters. The largest absolute Gasteiger partial charge is 0.362 e. The van der Waals surface area contributed by atoms with Gasteiger partial charge in [0.15, 0.2) is 0 Å². The van der Waals surface area contributed by atoms with Gasteiger partial charge in [0.05, 0.1) is 28.3 Å². The van der Waals surface area contributed by atoms with Gasteiger partial charge >= 0.3 is 0 Å². The van der Waals surface area contributed by atoms with E-state index in [0.29, 0.717) is 16.3 Å². The topological polar surface area (TPSA) is 50.2 Å². The third kappa shape index (κ3) is 3.34. The van der Waals surface area contributed by atoms with E-state index < -0.39 is 0 Å². The molecule has 29 heavy (non-hydrogen) atoms. The van der Waals surface area contributed by atoms with E-state index in [0.717, 1.165) is 36.7 Å². The molecule has 0 saturated carbocycles. The molecule has 144 valence electrons. The Labute approximate surface area is 173 Å². The zero-order valence-electron chi connectivity index (χ0n) is 15.7. The fourth-order valence-electron chi connectivity index (χ4n) is 3.77. The molecular weight excluding hydrogens is 384 g/mol. The highest BCUT2D eigenvalue weighted by molar-refractivity contribution is 6.34. The molecule has 0 atom stereocenters. The van der Waals surface area contributed by atoms with E-state index in [1.165, 1.54) is 5.52 Å². The van der Waals surface area contributed by atoms with Gasteiger partial charge in [0.2, 0.25) is 0 Å². The molecule has 1 amide bonds. The van der Waals surface area contributed by atoms with Gasteiger partial charge in [0, 0.05) is 24.3 Å². The number of aromatic nitrogens is 2. The van der Waals surface area contributed by atoms with Crippen LogP contribution in [0.1, 0.15) is 16.2 Å². The van der Waals surface area contributed by atoms with Crippen LogP contribution in [0.2, 0.25) is 5.02 Å². The van der Waals surface area contributed by atoms with Crippen LogP contribution in [0.15, 0.2) is 72.8 Å². The monoisotopic (exact) mass is 402 g/mol. The summed E-state index contributed by atoms with van der Waals surface area (Å²) in [6, 6.07) is 23.1. The first-order valence-electron chi connectivity index (χ1n) is 9.54. The number of benzene rings is 3. The average molecular weight is 403 g/mol. The van der Waals surface area contributed by atoms with Crippen molar-refractivity contribution in [3.63, 3.8) is 0 Å². The summed E-state index contributed by atoms with van der Waals surface area (Å²) in [4.78, 5) is 19.4. The molecule has 5 nitrogen and oxygen atoms in total. The summed E-state index contributed by atoms with van der Waals surface area (Å²) in [5.41, 5.74) is 4.43. The predicted octanol–water partition coefficient (Wildman–Crippen LogP) is 4.96. The van der Waals surface area contributed by atoms with Crippen molar-refractivity contribution >= 4 is 39.9 Å². The third-order valence-corrected chi connectivity index (χ3v) is 5.57. The molecule has 4 aromatic rings. The lowest BCUT2D eigenvalue weighted by atomic mass is 10.2. The molecular formula is C23H19ClN4O. The Morgan fingerprint density at radius 3 is 2.59 bits per heavy atom. The first-order chi connectivity index (χ1) is 14.2. The van der Waals surface area contributed by atoms with Gasteiger partial charge < -0.3 is 14.8 Å². The summed E-state index contributed by atoms with van der Waals surface area (Å²) in [5, 5.41) is 3.40. The molecule has 1 aromatic heterocycles. The average Bonchev–Trinajstić information content (AvgIpc) is 3.13. The summed E-state index contributed by atoms with van der Waals surface area (Å²) in [7, 11) is 0. The van der Waals surface area contributed by atoms with Crippen molar-refractivity contribution in [1.29, 1.82) is 0 Å². The third-order valence-electron chi connectivity index (χ3n) is 5.26. The maximum atomic E-state index is 12.4. The molecule has 2 heterocycles. The van der Waals surface area contributed by atoms with Crippen LogP contribution >= 0.6 is 11.6 Å². The van der Waals surface area contributed by atoms with Crippen molar-refractivity contribution in [2.24, 2.45) is 0 Å². The van der Waals surface area contributed by atoms with Gasteiger partial charge in [-0.3, -0.25) is 4.79 Å². The molecule has 0 radical (unpaired) electrons. The molecule has 0 aliphatic carbocycles. The molecule has 0 fully saturated rings. The fourth-order valence-corrected chi connectivity index (χ4v) is 3.99. The first-order valence-corrected chi connectivity index (χ1v) is 9.92. The second-order valence-electron chi connectivity index (χ2n) is 7.07. The van der Waals surface area contributed by atoms with Gasteiger partial charge in [-0.2, -0.15) is 0 Å². The quantitative estimate of drug-likeness (QED) is 0.526. The minimum atomic E-state index is -0.174. The lowest BCUT2D eigenvalue weighted by molar-refractivity contribution is 0.102. The minimum Gasteiger partial charge on any atom is -0.362 e. The molecule has 6 heteroatoms. The van der Waals surface area contributed by atoms with E-state index in [-0.39, 0.29) is 5.91 Å². The molecule has 5 rings (SSSR count). The highest BCUT2D eigenvalue weighted by atomic mass is 35.5. The molecule has 0 spiro atoms. The Hall–Kier alpha value is -3.31. The summed E-state index contributed by atoms with van der Waals surface area (Å²) >= 11 is 6.48. The summed E-state index contributed by atoms with van der Waals surface area (Å²) < 4.78 is 2.28. The lowest BCUT2D eigenvalue weighted by Crippen LogP contribution is -2.33. The van der Waals surface area contributed by atoms with Gasteiger partial charge in [-0.25, -0.2) is 4.98 Å². The number of anilines is 2. The van der Waals surface area contributed by atoms with Crippen LogP contribution in [0.5, 0.6) is 0 Å². The summed E-state index contributed by atoms with van der Waals surface area (Å²) in [6.45, 7) is 2.47. The number of nitrogens with one attached hydrogen (secondary N) is 1. The van der Waals surface area contributed by atoms with Gasteiger partial charge in [0.25, 0.3) is 5.91 Å². The van der Waals surface area contributed by atoms with Crippen LogP contribution in [0.25, 0.3) is 11.0 Å². The van der Waals surface area contributed by atoms with E-state index in [4.69, 9.17) is 16.6 Å². The number of fused-ring (bicyclic) bond motifs is 3. The fraction of sp³-hybridized carbons (Fsp3) is 0.130. The normalized spacial score (nSPS) is 13.3. The number of para-hydroxylation sites is 2. The number of hydrogen-bond donors (Lipinski definition) is 1. The highest BCUT2D eigenvalue weighted by Crippen LogP contribution is 2.30.